The van der Waals surface area contributed by atoms with Crippen LogP contribution in [0.15, 0.2) is 29.2 Å². The van der Waals surface area contributed by atoms with Crippen LogP contribution in [0.1, 0.15) is 21.7 Å². The van der Waals surface area contributed by atoms with Crippen LogP contribution in [0.3, 0.4) is 0 Å². The molecule has 0 fully saturated rings. The van der Waals surface area contributed by atoms with Gasteiger partial charge in [-0.2, -0.15) is 0 Å². The lowest BCUT2D eigenvalue weighted by Crippen LogP contribution is -2.20. The SMILES string of the molecule is Cc1cc(-c2c(F)cc3c(=O)c(C(=O)O)cn(CCF)c3c2F)cc(C)n1. The standard InChI is InChI=1S/C19H15F3N2O3/c1-9-5-11(6-10(2)23-9)15-14(21)7-12-17(16(15)22)24(4-3-20)8-13(18(12)25)19(26)27/h5-8H,3-4H2,1-2H3,(H,26,27). The van der Waals surface area contributed by atoms with Crippen LogP contribution in [0.2, 0.25) is 0 Å². The van der Waals surface area contributed by atoms with Gasteiger partial charge in [0, 0.05) is 17.6 Å². The highest BCUT2D eigenvalue weighted by atomic mass is 19.1. The third-order valence-corrected chi connectivity index (χ3v) is 4.18. The van der Waals surface area contributed by atoms with Crippen LogP contribution in [0, 0.1) is 25.5 Å². The van der Waals surface area contributed by atoms with Crippen LogP contribution < -0.4 is 5.43 Å². The summed E-state index contributed by atoms with van der Waals surface area (Å²) in [5.41, 5.74) is -1.12. The van der Waals surface area contributed by atoms with E-state index in [0.29, 0.717) is 11.4 Å². The molecule has 5 nitrogen and oxygen atoms in total. The van der Waals surface area contributed by atoms with E-state index in [0.717, 1.165) is 16.8 Å². The number of aromatic carboxylic acids is 1. The number of halogens is 3. The number of benzene rings is 1. The number of carboxylic acids is 1. The predicted octanol–water partition coefficient (Wildman–Crippen LogP) is 3.63. The topological polar surface area (TPSA) is 72.2 Å². The molecule has 0 radical (unpaired) electrons. The van der Waals surface area contributed by atoms with Crippen molar-refractivity contribution < 1.29 is 23.1 Å². The molecule has 3 aromatic rings. The molecule has 1 aromatic carbocycles. The maximum absolute atomic E-state index is 15.3. The number of carbonyl (C=O) groups is 1. The summed E-state index contributed by atoms with van der Waals surface area (Å²) in [4.78, 5) is 27.8. The highest BCUT2D eigenvalue weighted by Gasteiger charge is 2.23. The first kappa shape index (κ1) is 18.6. The van der Waals surface area contributed by atoms with Gasteiger partial charge in [-0.25, -0.2) is 18.0 Å². The molecule has 2 aromatic heterocycles. The molecule has 0 bridgehead atoms. The first-order chi connectivity index (χ1) is 12.7. The van der Waals surface area contributed by atoms with Crippen molar-refractivity contribution in [1.82, 2.24) is 9.55 Å². The lowest BCUT2D eigenvalue weighted by molar-refractivity contribution is 0.0694. The zero-order valence-corrected chi connectivity index (χ0v) is 14.5. The van der Waals surface area contributed by atoms with Gasteiger partial charge < -0.3 is 9.67 Å². The van der Waals surface area contributed by atoms with E-state index in [9.17, 15) is 18.4 Å². The second-order valence-electron chi connectivity index (χ2n) is 6.14. The minimum absolute atomic E-state index is 0.221. The fourth-order valence-electron chi connectivity index (χ4n) is 3.15. The number of pyridine rings is 2. The van der Waals surface area contributed by atoms with Crippen LogP contribution >= 0.6 is 0 Å². The molecule has 0 saturated carbocycles. The molecule has 1 N–H and O–H groups in total. The van der Waals surface area contributed by atoms with Gasteiger partial charge in [-0.15, -0.1) is 0 Å². The van der Waals surface area contributed by atoms with E-state index in [1.54, 1.807) is 13.8 Å². The number of aryl methyl sites for hydroxylation is 3. The molecule has 27 heavy (non-hydrogen) atoms. The normalized spacial score (nSPS) is 11.1. The van der Waals surface area contributed by atoms with Crippen LogP contribution in [0.25, 0.3) is 22.0 Å². The first-order valence-electron chi connectivity index (χ1n) is 8.04. The lowest BCUT2D eigenvalue weighted by atomic mass is 10.00. The smallest absolute Gasteiger partial charge is 0.341 e. The van der Waals surface area contributed by atoms with E-state index < -0.39 is 40.7 Å². The van der Waals surface area contributed by atoms with Gasteiger partial charge in [-0.3, -0.25) is 9.78 Å². The molecule has 0 saturated heterocycles. The summed E-state index contributed by atoms with van der Waals surface area (Å²) in [5, 5.41) is 8.69. The maximum atomic E-state index is 15.3. The van der Waals surface area contributed by atoms with Gasteiger partial charge in [-0.05, 0) is 37.6 Å². The summed E-state index contributed by atoms with van der Waals surface area (Å²) in [6.45, 7) is 2.04. The second kappa shape index (κ2) is 6.86. The fraction of sp³-hybridized carbons (Fsp3) is 0.211. The summed E-state index contributed by atoms with van der Waals surface area (Å²) in [6.07, 6.45) is 0.875. The summed E-state index contributed by atoms with van der Waals surface area (Å²) in [5.74, 6) is -3.63. The number of alkyl halides is 1. The minimum atomic E-state index is -1.56. The maximum Gasteiger partial charge on any atom is 0.341 e. The number of rotatable bonds is 4. The molecule has 2 heterocycles. The Labute approximate surface area is 151 Å². The fourth-order valence-corrected chi connectivity index (χ4v) is 3.15. The first-order valence-corrected chi connectivity index (χ1v) is 8.04. The van der Waals surface area contributed by atoms with E-state index in [4.69, 9.17) is 5.11 Å². The van der Waals surface area contributed by atoms with Crippen molar-refractivity contribution in [2.24, 2.45) is 0 Å². The Bertz CT molecular complexity index is 1120. The van der Waals surface area contributed by atoms with Gasteiger partial charge in [0.1, 0.15) is 18.1 Å². The predicted molar refractivity (Wildman–Crippen MR) is 93.8 cm³/mol. The molecular weight excluding hydrogens is 361 g/mol. The molecule has 0 spiro atoms. The van der Waals surface area contributed by atoms with Gasteiger partial charge in [0.05, 0.1) is 23.0 Å². The number of hydrogen-bond donors (Lipinski definition) is 1. The summed E-state index contributed by atoms with van der Waals surface area (Å²) in [6, 6.07) is 3.77. The van der Waals surface area contributed by atoms with Gasteiger partial charge >= 0.3 is 5.97 Å². The van der Waals surface area contributed by atoms with Gasteiger partial charge in [-0.1, -0.05) is 0 Å². The Morgan fingerprint density at radius 2 is 1.81 bits per heavy atom. The largest absolute Gasteiger partial charge is 0.477 e. The van der Waals surface area contributed by atoms with E-state index in [2.05, 4.69) is 4.98 Å². The minimum Gasteiger partial charge on any atom is -0.477 e. The number of hydrogen-bond acceptors (Lipinski definition) is 3. The Hall–Kier alpha value is -3.16. The Morgan fingerprint density at radius 1 is 1.19 bits per heavy atom. The molecule has 0 atom stereocenters. The van der Waals surface area contributed by atoms with Crippen molar-refractivity contribution in [3.63, 3.8) is 0 Å². The second-order valence-corrected chi connectivity index (χ2v) is 6.14. The van der Waals surface area contributed by atoms with Crippen molar-refractivity contribution >= 4 is 16.9 Å². The van der Waals surface area contributed by atoms with Crippen molar-refractivity contribution in [3.05, 3.63) is 63.2 Å². The zero-order valence-electron chi connectivity index (χ0n) is 14.5. The molecule has 0 amide bonds. The highest BCUT2D eigenvalue weighted by molar-refractivity contribution is 5.94. The lowest BCUT2D eigenvalue weighted by Gasteiger charge is -2.15. The third-order valence-electron chi connectivity index (χ3n) is 4.18. The van der Waals surface area contributed by atoms with Gasteiger partial charge in [0.25, 0.3) is 0 Å². The van der Waals surface area contributed by atoms with Gasteiger partial charge in [0.2, 0.25) is 5.43 Å². The molecule has 0 aliphatic carbocycles. The Kier molecular flexibility index (Phi) is 4.73. The van der Waals surface area contributed by atoms with Crippen LogP contribution in [-0.4, -0.2) is 27.3 Å². The molecule has 0 unspecified atom stereocenters. The van der Waals surface area contributed by atoms with Crippen LogP contribution in [0.4, 0.5) is 13.2 Å². The number of fused-ring (bicyclic) bond motifs is 1. The molecule has 140 valence electrons. The summed E-state index contributed by atoms with van der Waals surface area (Å²) >= 11 is 0. The Balaban J connectivity index is 2.46. The summed E-state index contributed by atoms with van der Waals surface area (Å²) in [7, 11) is 0. The van der Waals surface area contributed by atoms with Crippen molar-refractivity contribution in [2.45, 2.75) is 20.4 Å². The third kappa shape index (κ3) is 3.18. The zero-order chi connectivity index (χ0) is 19.9. The highest BCUT2D eigenvalue weighted by Crippen LogP contribution is 2.32. The number of carboxylic acid groups (broad SMARTS) is 1. The van der Waals surface area contributed by atoms with Crippen molar-refractivity contribution in [2.75, 3.05) is 6.67 Å². The number of aromatic nitrogens is 2. The monoisotopic (exact) mass is 376 g/mol. The van der Waals surface area contributed by atoms with Crippen LogP contribution in [-0.2, 0) is 6.54 Å². The van der Waals surface area contributed by atoms with Crippen molar-refractivity contribution in [3.8, 4) is 11.1 Å². The van der Waals surface area contributed by atoms with E-state index in [1.165, 1.54) is 12.1 Å². The van der Waals surface area contributed by atoms with Gasteiger partial charge in [0.15, 0.2) is 5.82 Å². The molecule has 0 aliphatic heterocycles. The van der Waals surface area contributed by atoms with Crippen molar-refractivity contribution in [1.29, 1.82) is 0 Å². The molecule has 3 rings (SSSR count). The average molecular weight is 376 g/mol. The Morgan fingerprint density at radius 3 is 2.37 bits per heavy atom. The van der Waals surface area contributed by atoms with Crippen LogP contribution in [0.5, 0.6) is 0 Å². The van der Waals surface area contributed by atoms with E-state index in [-0.39, 0.29) is 23.2 Å². The molecule has 8 heteroatoms. The van der Waals surface area contributed by atoms with E-state index >= 15 is 4.39 Å². The quantitative estimate of drug-likeness (QED) is 0.755. The molecular formula is C19H15F3N2O3. The van der Waals surface area contributed by atoms with E-state index in [1.807, 2.05) is 0 Å². The average Bonchev–Trinajstić information content (AvgIpc) is 2.56. The summed E-state index contributed by atoms with van der Waals surface area (Å²) < 4.78 is 43.9. The molecule has 0 aliphatic rings. The number of nitrogens with zero attached hydrogens (tertiary/aromatic N) is 2.